The third-order valence-electron chi connectivity index (χ3n) is 4.27. The van der Waals surface area contributed by atoms with E-state index in [1.807, 2.05) is 0 Å². The summed E-state index contributed by atoms with van der Waals surface area (Å²) in [5.41, 5.74) is 3.26. The second kappa shape index (κ2) is 8.74. The van der Waals surface area contributed by atoms with Crippen molar-refractivity contribution in [3.63, 3.8) is 0 Å². The number of hydrazine groups is 1. The first-order valence-electron chi connectivity index (χ1n) is 8.81. The molecule has 1 fully saturated rings. The number of halogens is 1. The van der Waals surface area contributed by atoms with Gasteiger partial charge in [-0.05, 0) is 55.5 Å². The number of likely N-dealkylation sites (N-methyl/N-ethyl adjacent to an activating group) is 1. The Hall–Kier alpha value is -3.40. The Morgan fingerprint density at radius 2 is 1.97 bits per heavy atom. The van der Waals surface area contributed by atoms with Crippen molar-refractivity contribution in [2.75, 3.05) is 11.9 Å². The predicted octanol–water partition coefficient (Wildman–Crippen LogP) is 1.71. The van der Waals surface area contributed by atoms with Gasteiger partial charge in [0.2, 0.25) is 5.91 Å². The van der Waals surface area contributed by atoms with Gasteiger partial charge in [-0.25, -0.2) is 9.40 Å². The Morgan fingerprint density at radius 1 is 1.24 bits per heavy atom. The van der Waals surface area contributed by atoms with E-state index in [0.29, 0.717) is 12.2 Å². The van der Waals surface area contributed by atoms with Crippen molar-refractivity contribution in [2.24, 2.45) is 0 Å². The van der Waals surface area contributed by atoms with Gasteiger partial charge in [0, 0.05) is 24.6 Å². The summed E-state index contributed by atoms with van der Waals surface area (Å²) in [6, 6.07) is 7.42. The monoisotopic (exact) mass is 415 g/mol. The molecule has 1 aromatic heterocycles. The van der Waals surface area contributed by atoms with Crippen LogP contribution in [0.15, 0.2) is 48.8 Å². The molecule has 3 amide bonds. The summed E-state index contributed by atoms with van der Waals surface area (Å²) in [5.74, 6) is -1.80. The van der Waals surface area contributed by atoms with E-state index in [0.717, 1.165) is 0 Å². The molecule has 10 heteroatoms. The molecule has 0 saturated carbocycles. The number of aromatic nitrogens is 1. The zero-order valence-corrected chi connectivity index (χ0v) is 16.3. The molecule has 8 nitrogen and oxygen atoms in total. The molecule has 1 unspecified atom stereocenters. The Kier molecular flexibility index (Phi) is 6.13. The molecule has 1 aliphatic heterocycles. The summed E-state index contributed by atoms with van der Waals surface area (Å²) in [6.07, 6.45) is 2.66. The molecule has 3 rings (SSSR count). The van der Waals surface area contributed by atoms with Gasteiger partial charge < -0.3 is 5.32 Å². The zero-order valence-electron chi connectivity index (χ0n) is 15.5. The van der Waals surface area contributed by atoms with E-state index in [4.69, 9.17) is 12.2 Å². The van der Waals surface area contributed by atoms with Crippen molar-refractivity contribution in [3.05, 3.63) is 60.2 Å². The third-order valence-corrected chi connectivity index (χ3v) is 4.69. The number of hydrogen-bond donors (Lipinski definition) is 2. The molecule has 0 bridgehead atoms. The van der Waals surface area contributed by atoms with E-state index in [1.54, 1.807) is 19.1 Å². The number of nitrogens with zero attached hydrogens (tertiary/aromatic N) is 3. The number of pyridine rings is 1. The van der Waals surface area contributed by atoms with Gasteiger partial charge in [0.25, 0.3) is 11.8 Å². The van der Waals surface area contributed by atoms with Crippen LogP contribution in [0.2, 0.25) is 0 Å². The molecule has 2 N–H and O–H groups in total. The SMILES string of the molecule is CCN1C(=O)C(CC(=O)Nc2ccc(F)cc2)N(NC(=O)c2cccnc2)C1=S. The minimum absolute atomic E-state index is 0.106. The van der Waals surface area contributed by atoms with Crippen LogP contribution in [0.4, 0.5) is 10.1 Å². The normalized spacial score (nSPS) is 16.1. The highest BCUT2D eigenvalue weighted by Gasteiger charge is 2.43. The number of thiocarbonyl (C=S) groups is 1. The fraction of sp³-hybridized carbons (Fsp3) is 0.211. The minimum atomic E-state index is -0.997. The van der Waals surface area contributed by atoms with Gasteiger partial charge in [-0.15, -0.1) is 0 Å². The van der Waals surface area contributed by atoms with Crippen LogP contribution in [0.5, 0.6) is 0 Å². The summed E-state index contributed by atoms with van der Waals surface area (Å²) in [6.45, 7) is 2.04. The van der Waals surface area contributed by atoms with Crippen LogP contribution < -0.4 is 10.7 Å². The molecule has 2 aromatic rings. The summed E-state index contributed by atoms with van der Waals surface area (Å²) >= 11 is 5.31. The van der Waals surface area contributed by atoms with Crippen molar-refractivity contribution in [1.82, 2.24) is 20.3 Å². The van der Waals surface area contributed by atoms with Gasteiger partial charge in [-0.3, -0.25) is 29.7 Å². The minimum Gasteiger partial charge on any atom is -0.326 e. The highest BCUT2D eigenvalue weighted by molar-refractivity contribution is 7.80. The number of hydrogen-bond acceptors (Lipinski definition) is 5. The number of amides is 3. The van der Waals surface area contributed by atoms with Crippen LogP contribution in [0.3, 0.4) is 0 Å². The highest BCUT2D eigenvalue weighted by atomic mass is 32.1. The maximum Gasteiger partial charge on any atom is 0.271 e. The fourth-order valence-electron chi connectivity index (χ4n) is 2.84. The maximum atomic E-state index is 13.0. The Balaban J connectivity index is 1.75. The molecule has 0 aliphatic carbocycles. The molecule has 1 aliphatic rings. The second-order valence-corrected chi connectivity index (χ2v) is 6.56. The van der Waals surface area contributed by atoms with Gasteiger partial charge in [0.05, 0.1) is 12.0 Å². The van der Waals surface area contributed by atoms with E-state index in [1.165, 1.54) is 46.6 Å². The highest BCUT2D eigenvalue weighted by Crippen LogP contribution is 2.20. The summed E-state index contributed by atoms with van der Waals surface area (Å²) in [4.78, 5) is 42.8. The lowest BCUT2D eigenvalue weighted by atomic mass is 10.2. The zero-order chi connectivity index (χ0) is 21.0. The van der Waals surface area contributed by atoms with E-state index >= 15 is 0 Å². The first-order valence-corrected chi connectivity index (χ1v) is 9.22. The van der Waals surface area contributed by atoms with Gasteiger partial charge in [-0.2, -0.15) is 0 Å². The lowest BCUT2D eigenvalue weighted by Crippen LogP contribution is -2.49. The van der Waals surface area contributed by atoms with Crippen LogP contribution in [0.25, 0.3) is 0 Å². The average Bonchev–Trinajstić information content (AvgIpc) is 2.93. The van der Waals surface area contributed by atoms with Crippen molar-refractivity contribution >= 4 is 40.7 Å². The van der Waals surface area contributed by atoms with E-state index in [2.05, 4.69) is 15.7 Å². The van der Waals surface area contributed by atoms with Crippen LogP contribution in [0, 0.1) is 5.82 Å². The molecular weight excluding hydrogens is 397 g/mol. The molecule has 1 aromatic carbocycles. The molecule has 0 spiro atoms. The predicted molar refractivity (Wildman–Crippen MR) is 107 cm³/mol. The molecular formula is C19H18FN5O3S. The van der Waals surface area contributed by atoms with Gasteiger partial charge in [0.15, 0.2) is 5.11 Å². The topological polar surface area (TPSA) is 94.6 Å². The molecule has 2 heterocycles. The Labute approximate surface area is 171 Å². The first-order chi connectivity index (χ1) is 13.9. The number of rotatable bonds is 6. The third kappa shape index (κ3) is 4.54. The number of carbonyl (C=O) groups is 3. The van der Waals surface area contributed by atoms with Gasteiger partial charge in [0.1, 0.15) is 11.9 Å². The maximum absolute atomic E-state index is 13.0. The summed E-state index contributed by atoms with van der Waals surface area (Å²) in [7, 11) is 0. The number of carbonyl (C=O) groups excluding carboxylic acids is 3. The molecule has 150 valence electrons. The van der Waals surface area contributed by atoms with Crippen LogP contribution >= 0.6 is 12.2 Å². The average molecular weight is 415 g/mol. The largest absolute Gasteiger partial charge is 0.326 e. The van der Waals surface area contributed by atoms with E-state index < -0.39 is 29.6 Å². The number of nitrogens with one attached hydrogen (secondary N) is 2. The second-order valence-electron chi connectivity index (χ2n) is 6.19. The molecule has 29 heavy (non-hydrogen) atoms. The molecule has 1 saturated heterocycles. The van der Waals surface area contributed by atoms with Gasteiger partial charge >= 0.3 is 0 Å². The van der Waals surface area contributed by atoms with Crippen molar-refractivity contribution < 1.29 is 18.8 Å². The standard InChI is InChI=1S/C19H18FN5O3S/c1-2-24-18(28)15(10-16(26)22-14-7-5-13(20)6-8-14)25(19(24)29)23-17(27)12-4-3-9-21-11-12/h3-9,11,15H,2,10H2,1H3,(H,22,26)(H,23,27). The molecule has 0 radical (unpaired) electrons. The summed E-state index contributed by atoms with van der Waals surface area (Å²) < 4.78 is 13.0. The number of benzene rings is 1. The van der Waals surface area contributed by atoms with E-state index in [9.17, 15) is 18.8 Å². The van der Waals surface area contributed by atoms with Crippen molar-refractivity contribution in [1.29, 1.82) is 0 Å². The number of anilines is 1. The lowest BCUT2D eigenvalue weighted by molar-refractivity contribution is -0.130. The fourth-order valence-corrected chi connectivity index (χ4v) is 3.23. The van der Waals surface area contributed by atoms with Crippen LogP contribution in [0.1, 0.15) is 23.7 Å². The van der Waals surface area contributed by atoms with Crippen molar-refractivity contribution in [3.8, 4) is 0 Å². The summed E-state index contributed by atoms with van der Waals surface area (Å²) in [5, 5.41) is 3.93. The van der Waals surface area contributed by atoms with Crippen molar-refractivity contribution in [2.45, 2.75) is 19.4 Å². The Bertz CT molecular complexity index is 939. The first kappa shape index (κ1) is 20.3. The quantitative estimate of drug-likeness (QED) is 0.698. The molecule has 1 atom stereocenters. The van der Waals surface area contributed by atoms with Crippen LogP contribution in [-0.4, -0.2) is 50.3 Å². The smallest absolute Gasteiger partial charge is 0.271 e. The Morgan fingerprint density at radius 3 is 2.59 bits per heavy atom. The van der Waals surface area contributed by atoms with E-state index in [-0.39, 0.29) is 17.1 Å². The van der Waals surface area contributed by atoms with Gasteiger partial charge in [-0.1, -0.05) is 0 Å². The lowest BCUT2D eigenvalue weighted by Gasteiger charge is -2.24. The van der Waals surface area contributed by atoms with Crippen LogP contribution in [-0.2, 0) is 9.59 Å².